The minimum Gasteiger partial charge on any atom is -0.304 e. The van der Waals surface area contributed by atoms with Crippen molar-refractivity contribution < 1.29 is 0 Å². The van der Waals surface area contributed by atoms with Gasteiger partial charge in [-0.15, -0.1) is 11.3 Å². The van der Waals surface area contributed by atoms with Gasteiger partial charge < -0.3 is 5.32 Å². The lowest BCUT2D eigenvalue weighted by atomic mass is 10.1. The van der Waals surface area contributed by atoms with Gasteiger partial charge in [0.25, 0.3) is 0 Å². The zero-order chi connectivity index (χ0) is 13.9. The molecular weight excluding hydrogens is 266 g/mol. The fourth-order valence-electron chi connectivity index (χ4n) is 2.17. The lowest BCUT2D eigenvalue weighted by Crippen LogP contribution is -2.17. The first-order valence-corrected chi connectivity index (χ1v) is 7.52. The number of nitrogens with one attached hydrogen (secondary N) is 1. The fourth-order valence-corrected chi connectivity index (χ4v) is 2.97. The first kappa shape index (κ1) is 13.2. The molecule has 1 aromatic carbocycles. The van der Waals surface area contributed by atoms with Crippen molar-refractivity contribution in [1.82, 2.24) is 15.3 Å². The molecule has 2 aromatic heterocycles. The first-order chi connectivity index (χ1) is 9.72. The lowest BCUT2D eigenvalue weighted by Gasteiger charge is -2.11. The van der Waals surface area contributed by atoms with E-state index in [2.05, 4.69) is 47.3 Å². The SMILES string of the molecule is Cc1cnc(C(C)NCc2ccc3cnccc3c2)s1. The van der Waals surface area contributed by atoms with Crippen LogP contribution >= 0.6 is 11.3 Å². The molecule has 1 unspecified atom stereocenters. The van der Waals surface area contributed by atoms with Crippen LogP contribution in [0, 0.1) is 6.92 Å². The Hall–Kier alpha value is -1.78. The average molecular weight is 283 g/mol. The van der Waals surface area contributed by atoms with Crippen LogP contribution in [0.15, 0.2) is 42.9 Å². The second-order valence-electron chi connectivity index (χ2n) is 4.97. The van der Waals surface area contributed by atoms with Gasteiger partial charge in [-0.2, -0.15) is 0 Å². The van der Waals surface area contributed by atoms with Gasteiger partial charge in [0.2, 0.25) is 0 Å². The fraction of sp³-hybridized carbons (Fsp3) is 0.250. The van der Waals surface area contributed by atoms with E-state index >= 15 is 0 Å². The highest BCUT2D eigenvalue weighted by molar-refractivity contribution is 7.11. The van der Waals surface area contributed by atoms with E-state index in [0.717, 1.165) is 11.6 Å². The van der Waals surface area contributed by atoms with Crippen molar-refractivity contribution >= 4 is 22.1 Å². The molecule has 0 bridgehead atoms. The van der Waals surface area contributed by atoms with E-state index in [0.29, 0.717) is 0 Å². The van der Waals surface area contributed by atoms with Crippen LogP contribution in [0.4, 0.5) is 0 Å². The Kier molecular flexibility index (Phi) is 3.76. The number of benzene rings is 1. The van der Waals surface area contributed by atoms with Crippen molar-refractivity contribution in [3.63, 3.8) is 0 Å². The van der Waals surface area contributed by atoms with E-state index in [1.807, 2.05) is 24.7 Å². The zero-order valence-electron chi connectivity index (χ0n) is 11.6. The number of aryl methyl sites for hydroxylation is 1. The van der Waals surface area contributed by atoms with Crippen molar-refractivity contribution in [3.8, 4) is 0 Å². The van der Waals surface area contributed by atoms with Crippen LogP contribution in [0.1, 0.15) is 28.4 Å². The van der Waals surface area contributed by atoms with Gasteiger partial charge in [-0.05, 0) is 36.9 Å². The van der Waals surface area contributed by atoms with Crippen LogP contribution in [0.3, 0.4) is 0 Å². The molecule has 102 valence electrons. The van der Waals surface area contributed by atoms with E-state index in [4.69, 9.17) is 0 Å². The van der Waals surface area contributed by atoms with E-state index in [1.165, 1.54) is 21.2 Å². The average Bonchev–Trinajstić information content (AvgIpc) is 2.91. The normalized spacial score (nSPS) is 12.7. The summed E-state index contributed by atoms with van der Waals surface area (Å²) in [5.74, 6) is 0. The Morgan fingerprint density at radius 3 is 2.90 bits per heavy atom. The predicted octanol–water partition coefficient (Wildman–Crippen LogP) is 3.85. The molecule has 0 spiro atoms. The molecule has 20 heavy (non-hydrogen) atoms. The number of hydrogen-bond donors (Lipinski definition) is 1. The van der Waals surface area contributed by atoms with Crippen LogP contribution in [0.2, 0.25) is 0 Å². The van der Waals surface area contributed by atoms with Crippen LogP contribution < -0.4 is 5.32 Å². The van der Waals surface area contributed by atoms with Crippen molar-refractivity contribution in [2.75, 3.05) is 0 Å². The number of fused-ring (bicyclic) bond motifs is 1. The summed E-state index contributed by atoms with van der Waals surface area (Å²) in [6, 6.07) is 8.81. The van der Waals surface area contributed by atoms with Crippen LogP contribution in [0.25, 0.3) is 10.8 Å². The van der Waals surface area contributed by atoms with Gasteiger partial charge in [-0.1, -0.05) is 12.1 Å². The Morgan fingerprint density at radius 2 is 2.10 bits per heavy atom. The molecule has 0 aliphatic carbocycles. The monoisotopic (exact) mass is 283 g/mol. The second-order valence-corrected chi connectivity index (χ2v) is 6.24. The molecule has 3 aromatic rings. The minimum atomic E-state index is 0.279. The Morgan fingerprint density at radius 1 is 1.20 bits per heavy atom. The molecule has 0 radical (unpaired) electrons. The highest BCUT2D eigenvalue weighted by Gasteiger charge is 2.08. The Balaban J connectivity index is 1.70. The second kappa shape index (κ2) is 5.69. The zero-order valence-corrected chi connectivity index (χ0v) is 12.4. The smallest absolute Gasteiger partial charge is 0.109 e. The Bertz CT molecular complexity index is 720. The van der Waals surface area contributed by atoms with E-state index in [9.17, 15) is 0 Å². The molecule has 0 saturated heterocycles. The summed E-state index contributed by atoms with van der Waals surface area (Å²) in [5, 5.41) is 7.09. The molecule has 0 saturated carbocycles. The summed E-state index contributed by atoms with van der Waals surface area (Å²) < 4.78 is 0. The van der Waals surface area contributed by atoms with Gasteiger partial charge in [-0.25, -0.2) is 4.98 Å². The van der Waals surface area contributed by atoms with Crippen LogP contribution in [-0.2, 0) is 6.54 Å². The number of thiazole rings is 1. The predicted molar refractivity (Wildman–Crippen MR) is 83.8 cm³/mol. The largest absolute Gasteiger partial charge is 0.304 e. The third-order valence-corrected chi connectivity index (χ3v) is 4.42. The topological polar surface area (TPSA) is 37.8 Å². The quantitative estimate of drug-likeness (QED) is 0.790. The maximum atomic E-state index is 4.43. The minimum absolute atomic E-state index is 0.279. The summed E-state index contributed by atoms with van der Waals surface area (Å²) >= 11 is 1.75. The maximum Gasteiger partial charge on any atom is 0.109 e. The van der Waals surface area contributed by atoms with Gasteiger partial charge in [0, 0.05) is 35.4 Å². The van der Waals surface area contributed by atoms with Crippen molar-refractivity contribution in [2.24, 2.45) is 0 Å². The molecule has 1 N–H and O–H groups in total. The summed E-state index contributed by atoms with van der Waals surface area (Å²) in [7, 11) is 0. The van der Waals surface area contributed by atoms with Gasteiger partial charge in [0.05, 0.1) is 6.04 Å². The van der Waals surface area contributed by atoms with Gasteiger partial charge >= 0.3 is 0 Å². The number of rotatable bonds is 4. The molecule has 0 aliphatic rings. The molecule has 0 amide bonds. The Labute approximate surface area is 122 Å². The van der Waals surface area contributed by atoms with Crippen molar-refractivity contribution in [2.45, 2.75) is 26.4 Å². The molecule has 1 atom stereocenters. The number of aromatic nitrogens is 2. The van der Waals surface area contributed by atoms with E-state index in [-0.39, 0.29) is 6.04 Å². The van der Waals surface area contributed by atoms with Gasteiger partial charge in [-0.3, -0.25) is 4.98 Å². The third kappa shape index (κ3) is 2.86. The standard InChI is InChI=1S/C16H17N3S/c1-11-8-19-16(20-11)12(2)18-9-13-3-4-15-10-17-6-5-14(15)7-13/h3-8,10,12,18H,9H2,1-2H3. The molecule has 3 nitrogen and oxygen atoms in total. The highest BCUT2D eigenvalue weighted by atomic mass is 32.1. The molecule has 0 fully saturated rings. The summed E-state index contributed by atoms with van der Waals surface area (Å²) in [6.45, 7) is 5.09. The highest BCUT2D eigenvalue weighted by Crippen LogP contribution is 2.20. The molecule has 0 aliphatic heterocycles. The summed E-state index contributed by atoms with van der Waals surface area (Å²) in [4.78, 5) is 9.82. The number of hydrogen-bond acceptors (Lipinski definition) is 4. The summed E-state index contributed by atoms with van der Waals surface area (Å²) in [6.07, 6.45) is 5.66. The molecular formula is C16H17N3S. The lowest BCUT2D eigenvalue weighted by molar-refractivity contribution is 0.572. The molecule has 2 heterocycles. The third-order valence-electron chi connectivity index (χ3n) is 3.33. The number of nitrogens with zero attached hydrogens (tertiary/aromatic N) is 2. The van der Waals surface area contributed by atoms with Crippen molar-refractivity contribution in [1.29, 1.82) is 0 Å². The van der Waals surface area contributed by atoms with Gasteiger partial charge in [0.15, 0.2) is 0 Å². The van der Waals surface area contributed by atoms with Crippen molar-refractivity contribution in [3.05, 3.63) is 58.3 Å². The van der Waals surface area contributed by atoms with E-state index < -0.39 is 0 Å². The van der Waals surface area contributed by atoms with Crippen LogP contribution in [-0.4, -0.2) is 9.97 Å². The summed E-state index contributed by atoms with van der Waals surface area (Å²) in [5.41, 5.74) is 1.28. The van der Waals surface area contributed by atoms with E-state index in [1.54, 1.807) is 11.3 Å². The molecule has 4 heteroatoms. The van der Waals surface area contributed by atoms with Crippen LogP contribution in [0.5, 0.6) is 0 Å². The number of pyridine rings is 1. The first-order valence-electron chi connectivity index (χ1n) is 6.71. The maximum absolute atomic E-state index is 4.43. The molecule has 3 rings (SSSR count). The van der Waals surface area contributed by atoms with Gasteiger partial charge in [0.1, 0.15) is 5.01 Å².